The fourth-order valence-corrected chi connectivity index (χ4v) is 5.96. The van der Waals surface area contributed by atoms with Crippen molar-refractivity contribution in [1.82, 2.24) is 10.2 Å². The van der Waals surface area contributed by atoms with E-state index in [1.165, 1.54) is 11.6 Å². The molecule has 2 fully saturated rings. The van der Waals surface area contributed by atoms with Crippen molar-refractivity contribution >= 4 is 23.5 Å². The van der Waals surface area contributed by atoms with E-state index in [0.29, 0.717) is 18.4 Å². The van der Waals surface area contributed by atoms with Crippen molar-refractivity contribution in [2.75, 3.05) is 25.9 Å². The molecule has 0 amide bonds. The van der Waals surface area contributed by atoms with Gasteiger partial charge in [-0.3, -0.25) is 0 Å². The summed E-state index contributed by atoms with van der Waals surface area (Å²) in [5.41, 5.74) is 3.95. The van der Waals surface area contributed by atoms with E-state index in [2.05, 4.69) is 37.3 Å². The minimum Gasteiger partial charge on any atom is -0.507 e. The van der Waals surface area contributed by atoms with E-state index in [4.69, 9.17) is 4.99 Å². The Labute approximate surface area is 197 Å². The Kier molecular flexibility index (Phi) is 6.69. The number of alkyl halides is 3. The standard InChI is InChI=1S/C25H30F3N3OS/c1-24(2)22-19(18-9-8-17(12-21(18)32)25(26,27)28)7-4-10-29-23(20(22)15-33-24)30-13-16-6-5-11-31(3)14-16/h8-10,12-13,30,32H,4-7,11,14-15H2,1-3H3/b16-13+,22-19-,23-20+,29-10-. The number of halogens is 3. The highest BCUT2D eigenvalue weighted by molar-refractivity contribution is 8.01. The number of aromatic hydroxyl groups is 1. The number of hydrogen-bond donors (Lipinski definition) is 2. The molecule has 0 aromatic heterocycles. The fraction of sp³-hybridized carbons (Fsp3) is 0.480. The summed E-state index contributed by atoms with van der Waals surface area (Å²) in [6, 6.07) is 3.29. The Morgan fingerprint density at radius 3 is 2.70 bits per heavy atom. The zero-order valence-electron chi connectivity index (χ0n) is 19.2. The third kappa shape index (κ3) is 5.17. The van der Waals surface area contributed by atoms with Gasteiger partial charge >= 0.3 is 6.18 Å². The molecule has 4 nitrogen and oxygen atoms in total. The molecule has 0 unspecified atom stereocenters. The van der Waals surface area contributed by atoms with Gasteiger partial charge in [0.25, 0.3) is 0 Å². The zero-order valence-corrected chi connectivity index (χ0v) is 20.0. The molecule has 0 radical (unpaired) electrons. The normalized spacial score (nSPS) is 28.4. The van der Waals surface area contributed by atoms with E-state index in [1.54, 1.807) is 11.8 Å². The van der Waals surface area contributed by atoms with Gasteiger partial charge < -0.3 is 15.3 Å². The SMILES string of the molecule is CN1CCC/C(=C\NC2=C3\CSC(C)(C)\C3=C(/c3ccc(C(F)(F)F)cc3O)CC/C=N\2)C1. The summed E-state index contributed by atoms with van der Waals surface area (Å²) in [5, 5.41) is 14.0. The number of piperidine rings is 1. The van der Waals surface area contributed by atoms with Crippen molar-refractivity contribution in [3.05, 3.63) is 58.1 Å². The first-order valence-electron chi connectivity index (χ1n) is 11.2. The number of fused-ring (bicyclic) bond motifs is 1. The summed E-state index contributed by atoms with van der Waals surface area (Å²) in [4.78, 5) is 7.01. The molecule has 3 aliphatic rings. The van der Waals surface area contributed by atoms with Crippen LogP contribution in [0.15, 0.2) is 51.9 Å². The zero-order chi connectivity index (χ0) is 23.8. The topological polar surface area (TPSA) is 47.9 Å². The van der Waals surface area contributed by atoms with Crippen LogP contribution in [-0.2, 0) is 6.18 Å². The van der Waals surface area contributed by atoms with Gasteiger partial charge in [0.15, 0.2) is 0 Å². The molecule has 33 heavy (non-hydrogen) atoms. The predicted octanol–water partition coefficient (Wildman–Crippen LogP) is 5.97. The monoisotopic (exact) mass is 477 g/mol. The quantitative estimate of drug-likeness (QED) is 0.564. The van der Waals surface area contributed by atoms with Gasteiger partial charge in [0, 0.05) is 40.6 Å². The number of phenolic OH excluding ortho intramolecular Hbond substituents is 1. The lowest BCUT2D eigenvalue weighted by atomic mass is 9.84. The lowest BCUT2D eigenvalue weighted by Crippen LogP contribution is -2.28. The lowest BCUT2D eigenvalue weighted by Gasteiger charge is -2.26. The maximum absolute atomic E-state index is 13.1. The summed E-state index contributed by atoms with van der Waals surface area (Å²) in [7, 11) is 2.11. The van der Waals surface area contributed by atoms with Crippen LogP contribution in [0, 0.1) is 0 Å². The number of likely N-dealkylation sites (tertiary alicyclic amines) is 1. The average Bonchev–Trinajstić information content (AvgIpc) is 3.02. The molecule has 2 N–H and O–H groups in total. The summed E-state index contributed by atoms with van der Waals surface area (Å²) < 4.78 is 39.2. The Hall–Kier alpha value is -2.19. The van der Waals surface area contributed by atoms with Gasteiger partial charge in [0.2, 0.25) is 0 Å². The number of nitrogens with one attached hydrogen (secondary N) is 1. The second-order valence-electron chi connectivity index (χ2n) is 9.35. The third-order valence-corrected chi connectivity index (χ3v) is 7.75. The molecule has 2 saturated heterocycles. The van der Waals surface area contributed by atoms with Gasteiger partial charge in [0.05, 0.1) is 5.56 Å². The second kappa shape index (κ2) is 9.22. The number of aliphatic imine (C=N–C) groups is 1. The summed E-state index contributed by atoms with van der Waals surface area (Å²) in [6.07, 6.45) is 2.84. The van der Waals surface area contributed by atoms with Crippen molar-refractivity contribution in [3.63, 3.8) is 0 Å². The second-order valence-corrected chi connectivity index (χ2v) is 10.9. The first-order valence-corrected chi connectivity index (χ1v) is 12.2. The Morgan fingerprint density at radius 1 is 1.21 bits per heavy atom. The van der Waals surface area contributed by atoms with E-state index in [1.807, 2.05) is 6.21 Å². The van der Waals surface area contributed by atoms with Crippen LogP contribution in [0.1, 0.15) is 50.7 Å². The molecule has 4 rings (SSSR count). The Morgan fingerprint density at radius 2 is 2.00 bits per heavy atom. The minimum absolute atomic E-state index is 0.252. The minimum atomic E-state index is -4.49. The molecule has 178 valence electrons. The average molecular weight is 478 g/mol. The van der Waals surface area contributed by atoms with E-state index in [0.717, 1.165) is 66.4 Å². The Bertz CT molecular complexity index is 1050. The molecule has 1 aromatic rings. The number of likely N-dealkylation sites (N-methyl/N-ethyl adjacent to an activating group) is 1. The number of rotatable bonds is 3. The van der Waals surface area contributed by atoms with Gasteiger partial charge in [-0.25, -0.2) is 4.99 Å². The van der Waals surface area contributed by atoms with E-state index >= 15 is 0 Å². The van der Waals surface area contributed by atoms with Crippen molar-refractivity contribution in [2.24, 2.45) is 4.99 Å². The van der Waals surface area contributed by atoms with Crippen molar-refractivity contribution in [3.8, 4) is 5.75 Å². The molecule has 8 heteroatoms. The largest absolute Gasteiger partial charge is 0.507 e. The summed E-state index contributed by atoms with van der Waals surface area (Å²) >= 11 is 1.78. The van der Waals surface area contributed by atoms with Crippen LogP contribution in [0.5, 0.6) is 5.75 Å². The lowest BCUT2D eigenvalue weighted by molar-refractivity contribution is -0.137. The molecule has 0 saturated carbocycles. The van der Waals surface area contributed by atoms with Gasteiger partial charge in [-0.15, -0.1) is 11.8 Å². The molecule has 3 heterocycles. The van der Waals surface area contributed by atoms with Crippen molar-refractivity contribution in [2.45, 2.75) is 50.5 Å². The highest BCUT2D eigenvalue weighted by Crippen LogP contribution is 2.51. The maximum Gasteiger partial charge on any atom is 0.416 e. The van der Waals surface area contributed by atoms with Gasteiger partial charge in [-0.2, -0.15) is 13.2 Å². The van der Waals surface area contributed by atoms with E-state index in [-0.39, 0.29) is 10.5 Å². The predicted molar refractivity (Wildman–Crippen MR) is 129 cm³/mol. The first kappa shape index (κ1) is 24.0. The van der Waals surface area contributed by atoms with Gasteiger partial charge in [-0.05, 0) is 82.0 Å². The maximum atomic E-state index is 13.1. The molecule has 0 bridgehead atoms. The molecular weight excluding hydrogens is 447 g/mol. The number of thioether (sulfide) groups is 1. The van der Waals surface area contributed by atoms with Crippen LogP contribution in [0.25, 0.3) is 5.57 Å². The van der Waals surface area contributed by atoms with Crippen LogP contribution in [0.2, 0.25) is 0 Å². The molecule has 1 aromatic carbocycles. The fourth-order valence-electron chi connectivity index (χ4n) is 4.79. The molecule has 0 spiro atoms. The van der Waals surface area contributed by atoms with Gasteiger partial charge in [0.1, 0.15) is 11.6 Å². The van der Waals surface area contributed by atoms with Crippen LogP contribution in [0.3, 0.4) is 0 Å². The number of benzene rings is 1. The van der Waals surface area contributed by atoms with Crippen molar-refractivity contribution in [1.29, 1.82) is 0 Å². The number of phenols is 1. The Balaban J connectivity index is 1.79. The van der Waals surface area contributed by atoms with Crippen LogP contribution in [0.4, 0.5) is 13.2 Å². The number of hydrogen-bond acceptors (Lipinski definition) is 5. The van der Waals surface area contributed by atoms with E-state index in [9.17, 15) is 18.3 Å². The summed E-state index contributed by atoms with van der Waals surface area (Å²) in [5.74, 6) is 1.20. The summed E-state index contributed by atoms with van der Waals surface area (Å²) in [6.45, 7) is 6.27. The van der Waals surface area contributed by atoms with Crippen LogP contribution >= 0.6 is 11.8 Å². The third-order valence-electron chi connectivity index (χ3n) is 6.39. The van der Waals surface area contributed by atoms with Crippen molar-refractivity contribution < 1.29 is 18.3 Å². The highest BCUT2D eigenvalue weighted by atomic mass is 32.2. The molecule has 3 aliphatic heterocycles. The number of allylic oxidation sites excluding steroid dienone is 1. The smallest absolute Gasteiger partial charge is 0.416 e. The number of nitrogens with zero attached hydrogens (tertiary/aromatic N) is 2. The molecule has 0 atom stereocenters. The van der Waals surface area contributed by atoms with E-state index < -0.39 is 11.7 Å². The van der Waals surface area contributed by atoms with Gasteiger partial charge in [-0.1, -0.05) is 6.07 Å². The van der Waals surface area contributed by atoms with Crippen LogP contribution < -0.4 is 5.32 Å². The molecule has 0 aliphatic carbocycles. The van der Waals surface area contributed by atoms with Crippen LogP contribution in [-0.4, -0.2) is 46.9 Å². The first-order chi connectivity index (χ1) is 15.6. The molecular formula is C25H30F3N3OS. The highest BCUT2D eigenvalue weighted by Gasteiger charge is 2.39.